The van der Waals surface area contributed by atoms with Crippen LogP contribution in [0.1, 0.15) is 10.4 Å². The number of rotatable bonds is 4. The van der Waals surface area contributed by atoms with Gasteiger partial charge in [0.05, 0.1) is 17.0 Å². The zero-order valence-electron chi connectivity index (χ0n) is 10.8. The summed E-state index contributed by atoms with van der Waals surface area (Å²) in [5, 5.41) is 0. The lowest BCUT2D eigenvalue weighted by molar-refractivity contribution is 0.580. The number of nitrogens with one attached hydrogen (secondary N) is 1. The van der Waals surface area contributed by atoms with Crippen LogP contribution in [0.25, 0.3) is 0 Å². The first-order valence-electron chi connectivity index (χ1n) is 5.88. The molecular formula is C13H12FN3O2S2. The number of hydrogen-bond donors (Lipinski definition) is 2. The van der Waals surface area contributed by atoms with Crippen molar-refractivity contribution in [3.8, 4) is 11.8 Å². The molecule has 0 aliphatic heterocycles. The Morgan fingerprint density at radius 2 is 2.24 bits per heavy atom. The van der Waals surface area contributed by atoms with Gasteiger partial charge in [0.1, 0.15) is 5.82 Å². The second-order valence-corrected chi connectivity index (χ2v) is 6.64. The van der Waals surface area contributed by atoms with Crippen LogP contribution in [-0.2, 0) is 16.6 Å². The molecule has 0 aliphatic carbocycles. The van der Waals surface area contributed by atoms with E-state index in [0.717, 1.165) is 17.0 Å². The highest BCUT2D eigenvalue weighted by atomic mass is 32.2. The van der Waals surface area contributed by atoms with Crippen molar-refractivity contribution in [2.45, 2.75) is 11.4 Å². The minimum Gasteiger partial charge on any atom is -0.320 e. The van der Waals surface area contributed by atoms with Crippen LogP contribution in [0.4, 0.5) is 4.39 Å². The summed E-state index contributed by atoms with van der Waals surface area (Å²) in [6, 6.07) is 3.34. The Balaban J connectivity index is 2.30. The molecule has 0 spiro atoms. The van der Waals surface area contributed by atoms with Crippen molar-refractivity contribution in [2.75, 3.05) is 6.54 Å². The van der Waals surface area contributed by atoms with Gasteiger partial charge in [0, 0.05) is 23.2 Å². The van der Waals surface area contributed by atoms with Crippen LogP contribution >= 0.6 is 11.3 Å². The number of nitrogens with two attached hydrogens (primary N) is 1. The standard InChI is InChI=1S/C13H12FN3O2S2/c14-11-3-4-13(10(6-11)2-1-5-15)21(18,19)17-8-12-7-16-9-20-12/h3-4,6-7,9,17H,5,8,15H2. The number of hydrogen-bond acceptors (Lipinski definition) is 5. The van der Waals surface area contributed by atoms with Gasteiger partial charge in [-0.25, -0.2) is 17.5 Å². The molecule has 3 N–H and O–H groups in total. The SMILES string of the molecule is NCC#Cc1cc(F)ccc1S(=O)(=O)NCc1cncs1. The fraction of sp³-hybridized carbons (Fsp3) is 0.154. The van der Waals surface area contributed by atoms with Crippen molar-refractivity contribution < 1.29 is 12.8 Å². The van der Waals surface area contributed by atoms with Gasteiger partial charge in [0.25, 0.3) is 0 Å². The second-order valence-electron chi connectivity index (χ2n) is 3.94. The van der Waals surface area contributed by atoms with Crippen molar-refractivity contribution in [3.63, 3.8) is 0 Å². The highest BCUT2D eigenvalue weighted by Crippen LogP contribution is 2.17. The molecule has 0 unspecified atom stereocenters. The quantitative estimate of drug-likeness (QED) is 0.824. The van der Waals surface area contributed by atoms with E-state index >= 15 is 0 Å². The molecule has 1 aromatic carbocycles. The second kappa shape index (κ2) is 6.78. The van der Waals surface area contributed by atoms with Crippen LogP contribution in [-0.4, -0.2) is 19.9 Å². The molecule has 0 amide bonds. The lowest BCUT2D eigenvalue weighted by atomic mass is 10.2. The van der Waals surface area contributed by atoms with Gasteiger partial charge < -0.3 is 5.73 Å². The normalized spacial score (nSPS) is 11.0. The minimum absolute atomic E-state index is 0.0598. The molecule has 2 rings (SSSR count). The number of sulfonamides is 1. The third kappa shape index (κ3) is 4.09. The van der Waals surface area contributed by atoms with E-state index in [4.69, 9.17) is 5.73 Å². The number of nitrogens with zero attached hydrogens (tertiary/aromatic N) is 1. The average molecular weight is 325 g/mol. The van der Waals surface area contributed by atoms with Gasteiger partial charge in [-0.15, -0.1) is 11.3 Å². The first-order chi connectivity index (χ1) is 10.0. The van der Waals surface area contributed by atoms with Gasteiger partial charge in [-0.2, -0.15) is 0 Å². The van der Waals surface area contributed by atoms with Crippen molar-refractivity contribution in [1.82, 2.24) is 9.71 Å². The maximum absolute atomic E-state index is 13.3. The summed E-state index contributed by atoms with van der Waals surface area (Å²) >= 11 is 1.34. The van der Waals surface area contributed by atoms with Gasteiger partial charge in [0.15, 0.2) is 0 Å². The molecule has 110 valence electrons. The zero-order chi connectivity index (χ0) is 15.3. The first kappa shape index (κ1) is 15.6. The molecule has 0 bridgehead atoms. The van der Waals surface area contributed by atoms with E-state index in [9.17, 15) is 12.8 Å². The van der Waals surface area contributed by atoms with Crippen LogP contribution in [0.15, 0.2) is 34.8 Å². The van der Waals surface area contributed by atoms with Crippen LogP contribution in [0.3, 0.4) is 0 Å². The van der Waals surface area contributed by atoms with Crippen molar-refractivity contribution in [1.29, 1.82) is 0 Å². The predicted octanol–water partition coefficient (Wildman–Crippen LogP) is 1.07. The maximum Gasteiger partial charge on any atom is 0.242 e. The Morgan fingerprint density at radius 3 is 2.90 bits per heavy atom. The van der Waals surface area contributed by atoms with E-state index in [1.165, 1.54) is 17.4 Å². The van der Waals surface area contributed by atoms with Gasteiger partial charge in [-0.05, 0) is 18.2 Å². The number of benzene rings is 1. The lowest BCUT2D eigenvalue weighted by Crippen LogP contribution is -2.23. The molecule has 1 aromatic heterocycles. The summed E-state index contributed by atoms with van der Waals surface area (Å²) in [5.74, 6) is 4.54. The third-order valence-electron chi connectivity index (χ3n) is 2.48. The molecule has 0 saturated carbocycles. The maximum atomic E-state index is 13.3. The Labute approximate surface area is 126 Å². The fourth-order valence-electron chi connectivity index (χ4n) is 1.55. The Kier molecular flexibility index (Phi) is 5.03. The van der Waals surface area contributed by atoms with E-state index in [1.807, 2.05) is 0 Å². The molecule has 1 heterocycles. The number of aromatic nitrogens is 1. The number of halogens is 1. The molecular weight excluding hydrogens is 313 g/mol. The molecule has 2 aromatic rings. The highest BCUT2D eigenvalue weighted by Gasteiger charge is 2.18. The summed E-state index contributed by atoms with van der Waals surface area (Å²) < 4.78 is 40.2. The van der Waals surface area contributed by atoms with Gasteiger partial charge in [-0.3, -0.25) is 4.98 Å². The highest BCUT2D eigenvalue weighted by molar-refractivity contribution is 7.89. The topological polar surface area (TPSA) is 85.1 Å². The van der Waals surface area contributed by atoms with E-state index in [0.29, 0.717) is 0 Å². The molecule has 0 fully saturated rings. The smallest absolute Gasteiger partial charge is 0.242 e. The van der Waals surface area contributed by atoms with Crippen LogP contribution in [0.2, 0.25) is 0 Å². The monoisotopic (exact) mass is 325 g/mol. The Morgan fingerprint density at radius 1 is 1.43 bits per heavy atom. The molecule has 8 heteroatoms. The van der Waals surface area contributed by atoms with Gasteiger partial charge in [0.2, 0.25) is 10.0 Å². The summed E-state index contributed by atoms with van der Waals surface area (Å²) in [4.78, 5) is 4.56. The van der Waals surface area contributed by atoms with Gasteiger partial charge >= 0.3 is 0 Å². The third-order valence-corrected chi connectivity index (χ3v) is 4.72. The van der Waals surface area contributed by atoms with E-state index in [1.54, 1.807) is 11.7 Å². The molecule has 0 radical (unpaired) electrons. The molecule has 0 atom stereocenters. The predicted molar refractivity (Wildman–Crippen MR) is 78.5 cm³/mol. The number of thiazole rings is 1. The zero-order valence-corrected chi connectivity index (χ0v) is 12.5. The van der Waals surface area contributed by atoms with Crippen LogP contribution in [0, 0.1) is 17.7 Å². The van der Waals surface area contributed by atoms with Crippen molar-refractivity contribution in [2.24, 2.45) is 5.73 Å². The van der Waals surface area contributed by atoms with E-state index in [-0.39, 0.29) is 23.5 Å². The largest absolute Gasteiger partial charge is 0.320 e. The minimum atomic E-state index is -3.80. The summed E-state index contributed by atoms with van der Waals surface area (Å²) in [7, 11) is -3.80. The molecule has 0 saturated heterocycles. The first-order valence-corrected chi connectivity index (χ1v) is 8.25. The molecule has 0 aliphatic rings. The van der Waals surface area contributed by atoms with Gasteiger partial charge in [-0.1, -0.05) is 11.8 Å². The van der Waals surface area contributed by atoms with Crippen LogP contribution < -0.4 is 10.5 Å². The fourth-order valence-corrected chi connectivity index (χ4v) is 3.33. The summed E-state index contributed by atoms with van der Waals surface area (Å²) in [6.07, 6.45) is 1.58. The molecule has 21 heavy (non-hydrogen) atoms. The van der Waals surface area contributed by atoms with E-state index in [2.05, 4.69) is 21.5 Å². The van der Waals surface area contributed by atoms with Crippen molar-refractivity contribution >= 4 is 21.4 Å². The average Bonchev–Trinajstić information content (AvgIpc) is 2.96. The van der Waals surface area contributed by atoms with Crippen LogP contribution in [0.5, 0.6) is 0 Å². The molecule has 5 nitrogen and oxygen atoms in total. The van der Waals surface area contributed by atoms with Crippen molar-refractivity contribution in [3.05, 3.63) is 46.2 Å². The van der Waals surface area contributed by atoms with E-state index < -0.39 is 15.8 Å². The summed E-state index contributed by atoms with van der Waals surface area (Å²) in [6.45, 7) is 0.179. The lowest BCUT2D eigenvalue weighted by Gasteiger charge is -2.08. The Bertz CT molecular complexity index is 777. The Hall–Kier alpha value is -1.79. The summed E-state index contributed by atoms with van der Waals surface area (Å²) in [5.41, 5.74) is 6.95.